The van der Waals surface area contributed by atoms with Gasteiger partial charge in [0.1, 0.15) is 6.04 Å². The summed E-state index contributed by atoms with van der Waals surface area (Å²) in [6, 6.07) is 6.95. The highest BCUT2D eigenvalue weighted by Crippen LogP contribution is 2.48. The molecule has 0 radical (unpaired) electrons. The maximum Gasteiger partial charge on any atom is 0.251 e. The number of amides is 3. The predicted octanol–water partition coefficient (Wildman–Crippen LogP) is 0.874. The van der Waals surface area contributed by atoms with E-state index < -0.39 is 11.9 Å². The lowest BCUT2D eigenvalue weighted by atomic mass is 9.94. The van der Waals surface area contributed by atoms with E-state index in [1.807, 2.05) is 12.1 Å². The molecule has 2 unspecified atom stereocenters. The summed E-state index contributed by atoms with van der Waals surface area (Å²) in [6.07, 6.45) is 4.49. The Balaban J connectivity index is 1.39. The van der Waals surface area contributed by atoms with Gasteiger partial charge in [-0.05, 0) is 63.9 Å². The SMILES string of the molecule is CN(C)CC1(c2ccc(C(=O)NC3CC(C(N)=O)N(C(=O)C4CC4)C3)cc2)CC1. The number of likely N-dealkylation sites (tertiary alicyclic amines) is 1. The van der Waals surface area contributed by atoms with Crippen molar-refractivity contribution in [2.75, 3.05) is 27.2 Å². The molecule has 0 spiro atoms. The van der Waals surface area contributed by atoms with Gasteiger partial charge in [-0.1, -0.05) is 12.1 Å². The van der Waals surface area contributed by atoms with Crippen LogP contribution in [0.1, 0.15) is 48.0 Å². The van der Waals surface area contributed by atoms with Gasteiger partial charge >= 0.3 is 0 Å². The smallest absolute Gasteiger partial charge is 0.251 e. The molecule has 0 aromatic heterocycles. The van der Waals surface area contributed by atoms with E-state index in [1.54, 1.807) is 4.90 Å². The summed E-state index contributed by atoms with van der Waals surface area (Å²) in [7, 11) is 4.17. The van der Waals surface area contributed by atoms with E-state index in [4.69, 9.17) is 5.73 Å². The third kappa shape index (κ3) is 4.15. The Hall–Kier alpha value is -2.41. The van der Waals surface area contributed by atoms with Gasteiger partial charge in [0.05, 0.1) is 0 Å². The first-order chi connectivity index (χ1) is 13.8. The average molecular weight is 399 g/mol. The molecule has 29 heavy (non-hydrogen) atoms. The van der Waals surface area contributed by atoms with Crippen molar-refractivity contribution in [2.45, 2.75) is 49.6 Å². The van der Waals surface area contributed by atoms with Crippen LogP contribution in [-0.2, 0) is 15.0 Å². The molecule has 2 atom stereocenters. The van der Waals surface area contributed by atoms with Gasteiger partial charge < -0.3 is 20.9 Å². The van der Waals surface area contributed by atoms with Gasteiger partial charge in [-0.3, -0.25) is 14.4 Å². The minimum absolute atomic E-state index is 0.00877. The number of nitrogens with zero attached hydrogens (tertiary/aromatic N) is 2. The van der Waals surface area contributed by atoms with Gasteiger partial charge in [0.2, 0.25) is 11.8 Å². The number of rotatable bonds is 7. The van der Waals surface area contributed by atoms with Crippen molar-refractivity contribution in [2.24, 2.45) is 11.7 Å². The standard InChI is InChI=1S/C22H30N4O3/c1-25(2)13-22(9-10-22)16-7-5-14(6-8-16)20(28)24-17-11-18(19(23)27)26(12-17)21(29)15-3-4-15/h5-8,15,17-18H,3-4,9-13H2,1-2H3,(H2,23,27)(H,24,28). The number of hydrogen-bond donors (Lipinski definition) is 2. The molecule has 1 aromatic carbocycles. The fraction of sp³-hybridized carbons (Fsp3) is 0.591. The molecular formula is C22H30N4O3. The molecule has 2 aliphatic carbocycles. The number of carbonyl (C=O) groups excluding carboxylic acids is 3. The molecule has 1 heterocycles. The zero-order chi connectivity index (χ0) is 20.8. The molecule has 156 valence electrons. The van der Waals surface area contributed by atoms with E-state index in [-0.39, 0.29) is 29.2 Å². The Morgan fingerprint density at radius 3 is 2.34 bits per heavy atom. The van der Waals surface area contributed by atoms with Gasteiger partial charge in [0.25, 0.3) is 5.91 Å². The Morgan fingerprint density at radius 1 is 1.17 bits per heavy atom. The summed E-state index contributed by atoms with van der Waals surface area (Å²) in [5.41, 5.74) is 7.59. The molecule has 7 nitrogen and oxygen atoms in total. The van der Waals surface area contributed by atoms with E-state index in [0.29, 0.717) is 18.5 Å². The predicted molar refractivity (Wildman–Crippen MR) is 109 cm³/mol. The van der Waals surface area contributed by atoms with Crippen molar-refractivity contribution in [3.63, 3.8) is 0 Å². The highest BCUT2D eigenvalue weighted by atomic mass is 16.2. The Kier molecular flexibility index (Phi) is 5.11. The van der Waals surface area contributed by atoms with Crippen LogP contribution in [0.5, 0.6) is 0 Å². The quantitative estimate of drug-likeness (QED) is 0.713. The van der Waals surface area contributed by atoms with Crippen LogP contribution in [0.2, 0.25) is 0 Å². The van der Waals surface area contributed by atoms with Crippen LogP contribution in [0.15, 0.2) is 24.3 Å². The average Bonchev–Trinajstić information content (AvgIpc) is 3.60. The number of likely N-dealkylation sites (N-methyl/N-ethyl adjacent to an activating group) is 1. The Labute approximate surface area is 171 Å². The summed E-state index contributed by atoms with van der Waals surface area (Å²) in [6.45, 7) is 1.36. The van der Waals surface area contributed by atoms with E-state index in [2.05, 4.69) is 36.4 Å². The molecule has 3 N–H and O–H groups in total. The lowest BCUT2D eigenvalue weighted by Gasteiger charge is -2.22. The molecule has 1 saturated heterocycles. The second kappa shape index (κ2) is 7.44. The number of primary amides is 1. The summed E-state index contributed by atoms with van der Waals surface area (Å²) in [5.74, 6) is -0.667. The normalized spacial score (nSPS) is 25.1. The number of hydrogen-bond acceptors (Lipinski definition) is 4. The van der Waals surface area contributed by atoms with Crippen LogP contribution in [0.25, 0.3) is 0 Å². The van der Waals surface area contributed by atoms with Crippen molar-refractivity contribution in [3.05, 3.63) is 35.4 Å². The monoisotopic (exact) mass is 398 g/mol. The van der Waals surface area contributed by atoms with E-state index >= 15 is 0 Å². The first kappa shape index (κ1) is 19.9. The molecule has 3 amide bonds. The second-order valence-electron chi connectivity index (χ2n) is 9.18. The minimum Gasteiger partial charge on any atom is -0.368 e. The molecule has 3 fully saturated rings. The second-order valence-corrected chi connectivity index (χ2v) is 9.18. The van der Waals surface area contributed by atoms with Crippen LogP contribution in [0.3, 0.4) is 0 Å². The molecule has 1 aromatic rings. The summed E-state index contributed by atoms with van der Waals surface area (Å²) in [5, 5.41) is 2.98. The molecule has 4 rings (SSSR count). The summed E-state index contributed by atoms with van der Waals surface area (Å²) in [4.78, 5) is 40.7. The topological polar surface area (TPSA) is 95.7 Å². The minimum atomic E-state index is -0.628. The highest BCUT2D eigenvalue weighted by molar-refractivity contribution is 5.95. The molecule has 0 bridgehead atoms. The first-order valence-electron chi connectivity index (χ1n) is 10.4. The molecule has 2 saturated carbocycles. The zero-order valence-corrected chi connectivity index (χ0v) is 17.2. The van der Waals surface area contributed by atoms with Gasteiger partial charge in [-0.15, -0.1) is 0 Å². The van der Waals surface area contributed by atoms with Crippen LogP contribution < -0.4 is 11.1 Å². The van der Waals surface area contributed by atoms with Crippen molar-refractivity contribution in [1.29, 1.82) is 0 Å². The largest absolute Gasteiger partial charge is 0.368 e. The van der Waals surface area contributed by atoms with Crippen molar-refractivity contribution >= 4 is 17.7 Å². The number of nitrogens with one attached hydrogen (secondary N) is 1. The van der Waals surface area contributed by atoms with E-state index in [1.165, 1.54) is 18.4 Å². The molecule has 7 heteroatoms. The van der Waals surface area contributed by atoms with Gasteiger partial charge in [0.15, 0.2) is 0 Å². The van der Waals surface area contributed by atoms with Gasteiger partial charge in [-0.2, -0.15) is 0 Å². The third-order valence-electron chi connectivity index (χ3n) is 6.41. The van der Waals surface area contributed by atoms with Crippen molar-refractivity contribution in [1.82, 2.24) is 15.1 Å². The number of carbonyl (C=O) groups is 3. The number of benzene rings is 1. The number of nitrogens with two attached hydrogens (primary N) is 1. The lowest BCUT2D eigenvalue weighted by molar-refractivity contribution is -0.138. The molecule has 1 aliphatic heterocycles. The van der Waals surface area contributed by atoms with E-state index in [9.17, 15) is 14.4 Å². The van der Waals surface area contributed by atoms with Crippen molar-refractivity contribution in [3.8, 4) is 0 Å². The zero-order valence-electron chi connectivity index (χ0n) is 17.2. The summed E-state index contributed by atoms with van der Waals surface area (Å²) < 4.78 is 0. The fourth-order valence-electron chi connectivity index (χ4n) is 4.56. The Bertz CT molecular complexity index is 812. The molecule has 3 aliphatic rings. The summed E-state index contributed by atoms with van der Waals surface area (Å²) >= 11 is 0. The third-order valence-corrected chi connectivity index (χ3v) is 6.41. The van der Waals surface area contributed by atoms with Gasteiger partial charge in [0, 0.05) is 36.0 Å². The van der Waals surface area contributed by atoms with Crippen LogP contribution in [0, 0.1) is 5.92 Å². The maximum absolute atomic E-state index is 12.7. The van der Waals surface area contributed by atoms with Crippen LogP contribution in [0.4, 0.5) is 0 Å². The highest BCUT2D eigenvalue weighted by Gasteiger charge is 2.45. The van der Waals surface area contributed by atoms with Gasteiger partial charge in [-0.25, -0.2) is 0 Å². The molecular weight excluding hydrogens is 368 g/mol. The Morgan fingerprint density at radius 2 is 1.83 bits per heavy atom. The maximum atomic E-state index is 12.7. The fourth-order valence-corrected chi connectivity index (χ4v) is 4.56. The van der Waals surface area contributed by atoms with Crippen molar-refractivity contribution < 1.29 is 14.4 Å². The van der Waals surface area contributed by atoms with Crippen LogP contribution >= 0.6 is 0 Å². The lowest BCUT2D eigenvalue weighted by Crippen LogP contribution is -2.44. The van der Waals surface area contributed by atoms with Crippen LogP contribution in [-0.4, -0.2) is 66.8 Å². The van der Waals surface area contributed by atoms with E-state index in [0.717, 1.165) is 19.4 Å². The first-order valence-corrected chi connectivity index (χ1v) is 10.4.